The van der Waals surface area contributed by atoms with Gasteiger partial charge in [0.15, 0.2) is 0 Å². The van der Waals surface area contributed by atoms with Crippen LogP contribution < -0.4 is 5.30 Å². The lowest BCUT2D eigenvalue weighted by molar-refractivity contribution is 1.34. The molecule has 1 unspecified atom stereocenters. The highest BCUT2D eigenvalue weighted by Crippen LogP contribution is 2.09. The summed E-state index contributed by atoms with van der Waals surface area (Å²) in [6.45, 7) is 6.43. The number of aryl methyl sites for hydroxylation is 2. The molecule has 0 aromatic heterocycles. The van der Waals surface area contributed by atoms with Crippen LogP contribution in [0.1, 0.15) is 16.7 Å². The van der Waals surface area contributed by atoms with Crippen molar-refractivity contribution in [1.29, 1.82) is 0 Å². The Morgan fingerprint density at radius 2 is 1.50 bits per heavy atom. The van der Waals surface area contributed by atoms with Crippen molar-refractivity contribution >= 4 is 14.5 Å². The molecule has 1 aromatic rings. The van der Waals surface area contributed by atoms with Gasteiger partial charge in [-0.15, -0.1) is 9.24 Å². The van der Waals surface area contributed by atoms with Crippen LogP contribution in [0, 0.1) is 20.8 Å². The van der Waals surface area contributed by atoms with Crippen molar-refractivity contribution in [2.24, 2.45) is 0 Å². The Labute approximate surface area is 64.9 Å². The lowest BCUT2D eigenvalue weighted by Gasteiger charge is -2.05. The van der Waals surface area contributed by atoms with E-state index in [4.69, 9.17) is 0 Å². The summed E-state index contributed by atoms with van der Waals surface area (Å²) in [6.07, 6.45) is 0. The first-order valence-corrected chi connectivity index (χ1v) is 4.03. The average molecular weight is 152 g/mol. The van der Waals surface area contributed by atoms with E-state index in [0.29, 0.717) is 0 Å². The highest BCUT2D eigenvalue weighted by Gasteiger charge is 1.97. The summed E-state index contributed by atoms with van der Waals surface area (Å²) in [5.41, 5.74) is 4.12. The van der Waals surface area contributed by atoms with Crippen LogP contribution in [-0.2, 0) is 0 Å². The summed E-state index contributed by atoms with van der Waals surface area (Å²) in [4.78, 5) is 0. The molecule has 0 radical (unpaired) electrons. The van der Waals surface area contributed by atoms with Crippen molar-refractivity contribution in [1.82, 2.24) is 0 Å². The molecule has 0 N–H and O–H groups in total. The zero-order valence-electron chi connectivity index (χ0n) is 6.73. The first-order valence-electron chi connectivity index (χ1n) is 3.45. The smallest absolute Gasteiger partial charge is 0.0242 e. The van der Waals surface area contributed by atoms with Crippen molar-refractivity contribution in [2.75, 3.05) is 0 Å². The molecule has 1 aromatic carbocycles. The molecule has 10 heavy (non-hydrogen) atoms. The molecule has 0 nitrogen and oxygen atoms in total. The van der Waals surface area contributed by atoms with Crippen LogP contribution in [0.25, 0.3) is 0 Å². The van der Waals surface area contributed by atoms with E-state index in [1.807, 2.05) is 0 Å². The Kier molecular flexibility index (Phi) is 2.11. The predicted octanol–water partition coefficient (Wildman–Crippen LogP) is 2.11. The molecule has 1 atom stereocenters. The van der Waals surface area contributed by atoms with Gasteiger partial charge in [0.25, 0.3) is 0 Å². The van der Waals surface area contributed by atoms with E-state index < -0.39 is 0 Å². The maximum Gasteiger partial charge on any atom is -0.0242 e. The second-order valence-electron chi connectivity index (χ2n) is 2.74. The molecule has 0 aliphatic rings. The molecule has 0 fully saturated rings. The summed E-state index contributed by atoms with van der Waals surface area (Å²) in [5.74, 6) is 0. The molecule has 0 aliphatic carbocycles. The summed E-state index contributed by atoms with van der Waals surface area (Å²) >= 11 is 0. The lowest BCUT2D eigenvalue weighted by atomic mass is 10.1. The Hall–Kier alpha value is -0.350. The lowest BCUT2D eigenvalue weighted by Crippen LogP contribution is -2.03. The molecular weight excluding hydrogens is 139 g/mol. The standard InChI is InChI=1S/C9H13P/c1-6-4-5-7(2)9(10)8(6)3/h4-5H,10H2,1-3H3. The monoisotopic (exact) mass is 152 g/mol. The van der Waals surface area contributed by atoms with Crippen LogP contribution >= 0.6 is 9.24 Å². The van der Waals surface area contributed by atoms with Crippen molar-refractivity contribution in [3.05, 3.63) is 28.8 Å². The third-order valence-electron chi connectivity index (χ3n) is 2.00. The molecule has 0 heterocycles. The normalized spacial score (nSPS) is 10.0. The fourth-order valence-corrected chi connectivity index (χ4v) is 1.30. The van der Waals surface area contributed by atoms with E-state index in [0.717, 1.165) is 0 Å². The Balaban J connectivity index is 3.34. The summed E-state index contributed by atoms with van der Waals surface area (Å²) in [7, 11) is 2.78. The number of hydrogen-bond acceptors (Lipinski definition) is 0. The van der Waals surface area contributed by atoms with Crippen LogP contribution in [0.15, 0.2) is 12.1 Å². The minimum Gasteiger partial charge on any atom is -0.105 e. The van der Waals surface area contributed by atoms with Crippen molar-refractivity contribution in [3.63, 3.8) is 0 Å². The Bertz CT molecular complexity index is 224. The highest BCUT2D eigenvalue weighted by molar-refractivity contribution is 7.27. The maximum absolute atomic E-state index is 2.78. The van der Waals surface area contributed by atoms with Crippen LogP contribution in [0.5, 0.6) is 0 Å². The van der Waals surface area contributed by atoms with Crippen molar-refractivity contribution in [3.8, 4) is 0 Å². The summed E-state index contributed by atoms with van der Waals surface area (Å²) < 4.78 is 0. The Morgan fingerprint density at radius 1 is 1.00 bits per heavy atom. The molecular formula is C9H13P. The molecule has 1 rings (SSSR count). The average Bonchev–Trinajstić information content (AvgIpc) is 1.93. The molecule has 0 aliphatic heterocycles. The van der Waals surface area contributed by atoms with Gasteiger partial charge in [-0.1, -0.05) is 12.1 Å². The topological polar surface area (TPSA) is 0 Å². The van der Waals surface area contributed by atoms with Gasteiger partial charge >= 0.3 is 0 Å². The van der Waals surface area contributed by atoms with E-state index >= 15 is 0 Å². The van der Waals surface area contributed by atoms with E-state index in [9.17, 15) is 0 Å². The van der Waals surface area contributed by atoms with Crippen LogP contribution in [0.2, 0.25) is 0 Å². The highest BCUT2D eigenvalue weighted by atomic mass is 31.0. The summed E-state index contributed by atoms with van der Waals surface area (Å²) in [6, 6.07) is 4.32. The van der Waals surface area contributed by atoms with Crippen LogP contribution in [-0.4, -0.2) is 0 Å². The van der Waals surface area contributed by atoms with Gasteiger partial charge in [0.05, 0.1) is 0 Å². The van der Waals surface area contributed by atoms with Crippen molar-refractivity contribution in [2.45, 2.75) is 20.8 Å². The second-order valence-corrected chi connectivity index (χ2v) is 3.32. The second kappa shape index (κ2) is 2.72. The van der Waals surface area contributed by atoms with E-state index in [1.54, 1.807) is 0 Å². The van der Waals surface area contributed by atoms with Gasteiger partial charge in [0, 0.05) is 0 Å². The summed E-state index contributed by atoms with van der Waals surface area (Å²) in [5, 5.41) is 1.35. The van der Waals surface area contributed by atoms with Crippen LogP contribution in [0.4, 0.5) is 0 Å². The molecule has 0 bridgehead atoms. The molecule has 0 saturated carbocycles. The minimum absolute atomic E-state index is 1.35. The van der Waals surface area contributed by atoms with E-state index in [-0.39, 0.29) is 0 Å². The first-order chi connectivity index (χ1) is 4.63. The van der Waals surface area contributed by atoms with Gasteiger partial charge in [-0.2, -0.15) is 0 Å². The quantitative estimate of drug-likeness (QED) is 0.499. The molecule has 0 amide bonds. The third-order valence-corrected chi connectivity index (χ3v) is 2.89. The third kappa shape index (κ3) is 1.22. The first kappa shape index (κ1) is 7.75. The fourth-order valence-electron chi connectivity index (χ4n) is 0.973. The molecule has 0 spiro atoms. The van der Waals surface area contributed by atoms with Crippen LogP contribution in [0.3, 0.4) is 0 Å². The zero-order chi connectivity index (χ0) is 7.72. The predicted molar refractivity (Wildman–Crippen MR) is 50.0 cm³/mol. The van der Waals surface area contributed by atoms with Gasteiger partial charge in [-0.25, -0.2) is 0 Å². The van der Waals surface area contributed by atoms with E-state index in [2.05, 4.69) is 42.1 Å². The Morgan fingerprint density at radius 3 is 2.00 bits per heavy atom. The molecule has 0 saturated heterocycles. The number of hydrogen-bond donors (Lipinski definition) is 0. The van der Waals surface area contributed by atoms with Gasteiger partial charge in [0.2, 0.25) is 0 Å². The molecule has 1 heteroatoms. The van der Waals surface area contributed by atoms with E-state index in [1.165, 1.54) is 22.0 Å². The largest absolute Gasteiger partial charge is 0.105 e. The number of benzene rings is 1. The fraction of sp³-hybridized carbons (Fsp3) is 0.333. The SMILES string of the molecule is Cc1ccc(C)c(P)c1C. The number of rotatable bonds is 0. The van der Waals surface area contributed by atoms with Gasteiger partial charge in [0.1, 0.15) is 0 Å². The van der Waals surface area contributed by atoms with Gasteiger partial charge < -0.3 is 0 Å². The molecule has 54 valence electrons. The van der Waals surface area contributed by atoms with Gasteiger partial charge in [-0.05, 0) is 42.8 Å². The minimum atomic E-state index is 1.35. The zero-order valence-corrected chi connectivity index (χ0v) is 7.89. The van der Waals surface area contributed by atoms with Crippen molar-refractivity contribution < 1.29 is 0 Å². The van der Waals surface area contributed by atoms with Gasteiger partial charge in [-0.3, -0.25) is 0 Å². The maximum atomic E-state index is 2.78.